The lowest BCUT2D eigenvalue weighted by Crippen LogP contribution is -2.58. The average Bonchev–Trinajstić information content (AvgIpc) is 4.06. The molecule has 3 fully saturated rings. The Morgan fingerprint density at radius 2 is 1.94 bits per heavy atom. The topological polar surface area (TPSA) is 182 Å². The second-order valence-electron chi connectivity index (χ2n) is 15.0. The van der Waals surface area contributed by atoms with E-state index in [9.17, 15) is 27.6 Å². The molecule has 5 aliphatic rings. The Labute approximate surface area is 309 Å². The number of hydrogen-bond acceptors (Lipinski definition) is 10. The summed E-state index contributed by atoms with van der Waals surface area (Å²) >= 11 is 0. The molecule has 6 atom stereocenters. The van der Waals surface area contributed by atoms with Crippen LogP contribution in [0.2, 0.25) is 0 Å². The molecular formula is C38H47N5O9S. The Hall–Kier alpha value is -4.66. The van der Waals surface area contributed by atoms with Crippen LogP contribution in [0.25, 0.3) is 16.8 Å². The van der Waals surface area contributed by atoms with Gasteiger partial charge in [-0.05, 0) is 74.4 Å². The predicted octanol–water partition coefficient (Wildman–Crippen LogP) is 3.74. The fraction of sp³-hybridized carbons (Fsp3) is 0.553. The maximum absolute atomic E-state index is 14.5. The van der Waals surface area contributed by atoms with Crippen LogP contribution in [0.15, 0.2) is 42.6 Å². The van der Waals surface area contributed by atoms with Crippen molar-refractivity contribution in [2.75, 3.05) is 20.3 Å². The van der Waals surface area contributed by atoms with Crippen molar-refractivity contribution in [1.29, 1.82) is 0 Å². The number of hydrogen-bond donors (Lipinski definition) is 3. The number of carbonyl (C=O) groups excluding carboxylic acids is 4. The van der Waals surface area contributed by atoms with Gasteiger partial charge in [0.15, 0.2) is 0 Å². The Balaban J connectivity index is 1.24. The molecule has 5 bridgehead atoms. The van der Waals surface area contributed by atoms with E-state index in [1.807, 2.05) is 49.4 Å². The molecule has 2 aliphatic carbocycles. The van der Waals surface area contributed by atoms with E-state index in [0.717, 1.165) is 29.2 Å². The molecule has 14 nitrogen and oxygen atoms in total. The van der Waals surface area contributed by atoms with Gasteiger partial charge in [0.05, 0.1) is 25.5 Å². The van der Waals surface area contributed by atoms with Crippen molar-refractivity contribution in [1.82, 2.24) is 25.2 Å². The van der Waals surface area contributed by atoms with Gasteiger partial charge in [0, 0.05) is 29.5 Å². The number of pyridine rings is 1. The lowest BCUT2D eigenvalue weighted by molar-refractivity contribution is -0.141. The Bertz CT molecular complexity index is 1950. The van der Waals surface area contributed by atoms with Crippen LogP contribution in [-0.4, -0.2) is 91.4 Å². The van der Waals surface area contributed by atoms with Gasteiger partial charge < -0.3 is 29.7 Å². The van der Waals surface area contributed by atoms with Crippen LogP contribution >= 0.6 is 0 Å². The molecule has 0 radical (unpaired) electrons. The van der Waals surface area contributed by atoms with Gasteiger partial charge in [-0.3, -0.25) is 19.1 Å². The Morgan fingerprint density at radius 3 is 2.74 bits per heavy atom. The first-order valence-electron chi connectivity index (χ1n) is 18.6. The highest BCUT2D eigenvalue weighted by molar-refractivity contribution is 7.91. The second-order valence-corrected chi connectivity index (χ2v) is 16.9. The van der Waals surface area contributed by atoms with Crippen LogP contribution in [0.4, 0.5) is 4.79 Å². The summed E-state index contributed by atoms with van der Waals surface area (Å²) in [5.41, 5.74) is -0.699. The summed E-state index contributed by atoms with van der Waals surface area (Å²) in [5.74, 6) is -1.34. The lowest BCUT2D eigenvalue weighted by atomic mass is 10.0. The number of nitrogens with zero attached hydrogens (tertiary/aromatic N) is 2. The highest BCUT2D eigenvalue weighted by Crippen LogP contribution is 2.46. The highest BCUT2D eigenvalue weighted by Gasteiger charge is 2.62. The van der Waals surface area contributed by atoms with Gasteiger partial charge >= 0.3 is 6.09 Å². The summed E-state index contributed by atoms with van der Waals surface area (Å²) in [4.78, 5) is 61.6. The third-order valence-electron chi connectivity index (χ3n) is 10.8. The van der Waals surface area contributed by atoms with Gasteiger partial charge in [0.25, 0.3) is 5.91 Å². The normalized spacial score (nSPS) is 30.9. The molecule has 0 spiro atoms. The smallest absolute Gasteiger partial charge is 0.407 e. The van der Waals surface area contributed by atoms with Gasteiger partial charge in [-0.2, -0.15) is 0 Å². The molecule has 3 N–H and O–H groups in total. The zero-order valence-corrected chi connectivity index (χ0v) is 30.9. The highest BCUT2D eigenvalue weighted by atomic mass is 32.2. The van der Waals surface area contributed by atoms with E-state index in [-0.39, 0.29) is 31.9 Å². The standard InChI is InChI=1S/C38H47N5O9S/c1-23-9-8-10-25-17-29-24(18-32(25)50-2)15-16-39-34(29)52-27-19-31-33(44)41-38(36(46)42-53(48,49)28-13-14-28)20-26(38)11-6-4-3-5-7-12-30(35(45)43(31)21-27)40-37(47)51-22-23/h6,8,10-11,15-18,23,26-28,30-31H,3-5,7,9,12-14,19-22H2,1-2H3,(H,40,47)(H,41,44)(H,42,46)/b10-8+,11-6-/t23-,26-,27+,30-,31-,38+/m0/s1. The van der Waals surface area contributed by atoms with Gasteiger partial charge in [0.1, 0.15) is 29.5 Å². The number of methoxy groups -OCH3 is 1. The van der Waals surface area contributed by atoms with E-state index in [0.29, 0.717) is 50.2 Å². The molecule has 2 saturated carbocycles. The van der Waals surface area contributed by atoms with Crippen LogP contribution < -0.4 is 24.8 Å². The number of carbonyl (C=O) groups is 4. The molecule has 2 aromatic rings. The van der Waals surface area contributed by atoms with E-state index in [1.54, 1.807) is 13.3 Å². The molecule has 4 heterocycles. The summed E-state index contributed by atoms with van der Waals surface area (Å²) in [6.07, 6.45) is 13.0. The largest absolute Gasteiger partial charge is 0.496 e. The van der Waals surface area contributed by atoms with Crippen molar-refractivity contribution >= 4 is 50.7 Å². The molecule has 53 heavy (non-hydrogen) atoms. The SMILES string of the molecule is COc1cc2ccnc3c2cc1/C=C/C[C@H](C)COC(=O)N[C@H]1CCCCC/C=C\[C@H]2C[C@@]2(C(=O)NS(=O)(=O)C2CC2)NC(=O)[C@@H]2C[C@H](CN2C1=O)O3. The van der Waals surface area contributed by atoms with E-state index in [4.69, 9.17) is 14.2 Å². The van der Waals surface area contributed by atoms with Crippen LogP contribution in [0.3, 0.4) is 0 Å². The number of cyclic esters (lactones) is 1. The average molecular weight is 750 g/mol. The molecule has 15 heteroatoms. The van der Waals surface area contributed by atoms with E-state index in [2.05, 4.69) is 20.3 Å². The fourth-order valence-electron chi connectivity index (χ4n) is 7.49. The minimum atomic E-state index is -3.88. The van der Waals surface area contributed by atoms with Gasteiger partial charge in [-0.25, -0.2) is 18.2 Å². The minimum Gasteiger partial charge on any atom is -0.496 e. The first kappa shape index (κ1) is 36.7. The molecule has 3 aliphatic heterocycles. The monoisotopic (exact) mass is 749 g/mol. The van der Waals surface area contributed by atoms with Crippen molar-refractivity contribution in [2.24, 2.45) is 11.8 Å². The lowest BCUT2D eigenvalue weighted by Gasteiger charge is -2.29. The number of rotatable bonds is 4. The minimum absolute atomic E-state index is 0.000745. The number of alkyl carbamates (subject to hydrolysis) is 1. The van der Waals surface area contributed by atoms with Crippen LogP contribution in [0.5, 0.6) is 11.6 Å². The van der Waals surface area contributed by atoms with Crippen molar-refractivity contribution < 1.29 is 41.8 Å². The summed E-state index contributed by atoms with van der Waals surface area (Å²) in [6.45, 7) is 2.08. The van der Waals surface area contributed by atoms with Crippen LogP contribution in [0.1, 0.15) is 76.7 Å². The summed E-state index contributed by atoms with van der Waals surface area (Å²) < 4.78 is 45.6. The molecule has 7 rings (SSSR count). The number of ether oxygens (including phenoxy) is 3. The Kier molecular flexibility index (Phi) is 10.4. The second kappa shape index (κ2) is 15.0. The van der Waals surface area contributed by atoms with E-state index >= 15 is 0 Å². The van der Waals surface area contributed by atoms with Crippen LogP contribution in [-0.2, 0) is 29.1 Å². The number of aromatic nitrogens is 1. The predicted molar refractivity (Wildman–Crippen MR) is 195 cm³/mol. The number of fused-ring (bicyclic) bond motifs is 4. The molecular weight excluding hydrogens is 703 g/mol. The molecule has 1 aromatic carbocycles. The van der Waals surface area contributed by atoms with Crippen molar-refractivity contribution in [3.8, 4) is 11.6 Å². The van der Waals surface area contributed by atoms with Gasteiger partial charge in [-0.15, -0.1) is 0 Å². The zero-order chi connectivity index (χ0) is 37.3. The first-order chi connectivity index (χ1) is 25.5. The number of sulfonamides is 1. The van der Waals surface area contributed by atoms with Crippen molar-refractivity contribution in [3.63, 3.8) is 0 Å². The fourth-order valence-corrected chi connectivity index (χ4v) is 8.86. The third-order valence-corrected chi connectivity index (χ3v) is 12.6. The van der Waals surface area contributed by atoms with Crippen molar-refractivity contribution in [2.45, 2.75) is 100 Å². The molecule has 4 amide bonds. The quantitative estimate of drug-likeness (QED) is 0.390. The maximum Gasteiger partial charge on any atom is 0.407 e. The molecule has 1 aromatic heterocycles. The molecule has 0 unspecified atom stereocenters. The summed E-state index contributed by atoms with van der Waals surface area (Å²) in [7, 11) is -2.29. The van der Waals surface area contributed by atoms with Gasteiger partial charge in [-0.1, -0.05) is 44.1 Å². The number of benzene rings is 1. The Morgan fingerprint density at radius 1 is 1.11 bits per heavy atom. The number of amides is 4. The number of nitrogens with one attached hydrogen (secondary N) is 3. The van der Waals surface area contributed by atoms with E-state index < -0.39 is 68.7 Å². The maximum atomic E-state index is 14.5. The van der Waals surface area contributed by atoms with Gasteiger partial charge in [0.2, 0.25) is 27.7 Å². The first-order valence-corrected chi connectivity index (χ1v) is 20.1. The van der Waals surface area contributed by atoms with E-state index in [1.165, 1.54) is 4.90 Å². The third kappa shape index (κ3) is 7.99. The molecule has 284 valence electrons. The van der Waals surface area contributed by atoms with Crippen molar-refractivity contribution in [3.05, 3.63) is 48.2 Å². The molecule has 1 saturated heterocycles. The summed E-state index contributed by atoms with van der Waals surface area (Å²) in [6, 6.07) is 3.59. The summed E-state index contributed by atoms with van der Waals surface area (Å²) in [5, 5.41) is 6.58. The number of allylic oxidation sites excluding steroid dienone is 2. The van der Waals surface area contributed by atoms with Crippen LogP contribution in [0, 0.1) is 11.8 Å². The zero-order valence-electron chi connectivity index (χ0n) is 30.0.